The molecule has 0 atom stereocenters. The second-order valence-corrected chi connectivity index (χ2v) is 6.28. The molecule has 0 saturated heterocycles. The minimum atomic E-state index is -0.967. The van der Waals surface area contributed by atoms with Crippen LogP contribution in [0.5, 0.6) is 0 Å². The minimum absolute atomic E-state index is 0.220. The number of rotatable bonds is 3. The van der Waals surface area contributed by atoms with Gasteiger partial charge in [-0.05, 0) is 34.8 Å². The lowest BCUT2D eigenvalue weighted by Crippen LogP contribution is -2.00. The van der Waals surface area contributed by atoms with Gasteiger partial charge >= 0.3 is 5.97 Å². The van der Waals surface area contributed by atoms with Crippen molar-refractivity contribution in [2.75, 3.05) is 0 Å². The molecule has 0 aromatic carbocycles. The molecular weight excluding hydrogens is 306 g/mol. The lowest BCUT2D eigenvalue weighted by molar-refractivity contribution is 0.0695. The van der Waals surface area contributed by atoms with Crippen LogP contribution in [0.1, 0.15) is 34.9 Å². The van der Waals surface area contributed by atoms with Gasteiger partial charge in [0.25, 0.3) is 0 Å². The fourth-order valence-corrected chi connectivity index (χ4v) is 2.91. The van der Waals surface area contributed by atoms with E-state index in [1.165, 1.54) is 11.3 Å². The van der Waals surface area contributed by atoms with E-state index in [2.05, 4.69) is 21.1 Å². The number of carboxylic acids is 1. The zero-order valence-electron chi connectivity index (χ0n) is 8.64. The summed E-state index contributed by atoms with van der Waals surface area (Å²) in [7, 11) is 0. The maximum Gasteiger partial charge on any atom is 0.341 e. The van der Waals surface area contributed by atoms with E-state index in [0.29, 0.717) is 11.5 Å². The molecule has 1 fully saturated rings. The van der Waals surface area contributed by atoms with Crippen LogP contribution in [0.15, 0.2) is 19.8 Å². The van der Waals surface area contributed by atoms with Gasteiger partial charge < -0.3 is 9.63 Å². The molecule has 0 amide bonds. The highest BCUT2D eigenvalue weighted by atomic mass is 79.9. The van der Waals surface area contributed by atoms with Crippen molar-refractivity contribution in [3.05, 3.63) is 26.6 Å². The molecule has 6 heteroatoms. The zero-order chi connectivity index (χ0) is 12.0. The topological polar surface area (TPSA) is 63.3 Å². The molecule has 17 heavy (non-hydrogen) atoms. The summed E-state index contributed by atoms with van der Waals surface area (Å²) in [6.07, 6.45) is 1.98. The Morgan fingerprint density at radius 3 is 2.88 bits per heavy atom. The summed E-state index contributed by atoms with van der Waals surface area (Å²) in [6, 6.07) is 1.85. The predicted molar refractivity (Wildman–Crippen MR) is 66.5 cm³/mol. The Labute approximate surface area is 109 Å². The van der Waals surface area contributed by atoms with Gasteiger partial charge in [0, 0.05) is 16.9 Å². The summed E-state index contributed by atoms with van der Waals surface area (Å²) in [5.74, 6) is -0.204. The van der Waals surface area contributed by atoms with Crippen LogP contribution >= 0.6 is 27.3 Å². The first-order valence-electron chi connectivity index (χ1n) is 5.14. The summed E-state index contributed by atoms with van der Waals surface area (Å²) in [5, 5.41) is 15.1. The van der Waals surface area contributed by atoms with Crippen molar-refractivity contribution in [3.8, 4) is 11.3 Å². The van der Waals surface area contributed by atoms with Crippen LogP contribution < -0.4 is 0 Å². The molecule has 88 valence electrons. The van der Waals surface area contributed by atoms with E-state index in [1.54, 1.807) is 0 Å². The van der Waals surface area contributed by atoms with E-state index in [-0.39, 0.29) is 11.5 Å². The van der Waals surface area contributed by atoms with Crippen molar-refractivity contribution in [2.24, 2.45) is 0 Å². The Morgan fingerprint density at radius 2 is 2.35 bits per heavy atom. The third kappa shape index (κ3) is 1.91. The first-order chi connectivity index (χ1) is 8.16. The second kappa shape index (κ2) is 3.96. The molecule has 3 rings (SSSR count). The Hall–Kier alpha value is -1.14. The average molecular weight is 314 g/mol. The Morgan fingerprint density at radius 1 is 1.59 bits per heavy atom. The number of halogens is 1. The molecule has 4 nitrogen and oxygen atoms in total. The average Bonchev–Trinajstić information content (AvgIpc) is 2.87. The van der Waals surface area contributed by atoms with E-state index < -0.39 is 5.97 Å². The third-order valence-corrected chi connectivity index (χ3v) is 4.23. The van der Waals surface area contributed by atoms with Crippen LogP contribution in [0.2, 0.25) is 0 Å². The molecule has 2 aromatic heterocycles. The molecule has 0 spiro atoms. The van der Waals surface area contributed by atoms with Crippen LogP contribution in [0.4, 0.5) is 0 Å². The number of aromatic nitrogens is 1. The first-order valence-corrected chi connectivity index (χ1v) is 6.81. The van der Waals surface area contributed by atoms with E-state index in [0.717, 1.165) is 22.2 Å². The standard InChI is InChI=1S/C11H8BrNO3S/c12-7-3-6(4-17-7)9-8(11(14)15)10(16-13-9)5-1-2-5/h3-5H,1-2H2,(H,14,15). The van der Waals surface area contributed by atoms with Crippen molar-refractivity contribution in [3.63, 3.8) is 0 Å². The van der Waals surface area contributed by atoms with Crippen LogP contribution in [-0.4, -0.2) is 16.2 Å². The number of carboxylic acid groups (broad SMARTS) is 1. The third-order valence-electron chi connectivity index (χ3n) is 2.72. The number of thiophene rings is 1. The van der Waals surface area contributed by atoms with Crippen LogP contribution in [-0.2, 0) is 0 Å². The lowest BCUT2D eigenvalue weighted by Gasteiger charge is -1.95. The summed E-state index contributed by atoms with van der Waals surface area (Å²) in [6.45, 7) is 0. The minimum Gasteiger partial charge on any atom is -0.477 e. The molecule has 0 bridgehead atoms. The number of carbonyl (C=O) groups is 1. The molecular formula is C11H8BrNO3S. The second-order valence-electron chi connectivity index (χ2n) is 3.99. The smallest absolute Gasteiger partial charge is 0.341 e. The van der Waals surface area contributed by atoms with E-state index in [1.807, 2.05) is 11.4 Å². The largest absolute Gasteiger partial charge is 0.477 e. The van der Waals surface area contributed by atoms with Gasteiger partial charge in [0.05, 0.1) is 3.79 Å². The summed E-state index contributed by atoms with van der Waals surface area (Å²) in [4.78, 5) is 11.3. The highest BCUT2D eigenvalue weighted by Gasteiger charge is 2.35. The van der Waals surface area contributed by atoms with Gasteiger partial charge in [-0.2, -0.15) is 0 Å². The summed E-state index contributed by atoms with van der Waals surface area (Å²) in [5.41, 5.74) is 1.44. The number of aromatic carboxylic acids is 1. The van der Waals surface area contributed by atoms with Gasteiger partial charge in [-0.25, -0.2) is 4.79 Å². The van der Waals surface area contributed by atoms with E-state index in [9.17, 15) is 9.90 Å². The van der Waals surface area contributed by atoms with Crippen LogP contribution in [0.25, 0.3) is 11.3 Å². The quantitative estimate of drug-likeness (QED) is 0.937. The summed E-state index contributed by atoms with van der Waals surface area (Å²) < 4.78 is 6.15. The van der Waals surface area contributed by atoms with E-state index in [4.69, 9.17) is 4.52 Å². The fourth-order valence-electron chi connectivity index (χ4n) is 1.76. The van der Waals surface area contributed by atoms with Crippen molar-refractivity contribution < 1.29 is 14.4 Å². The summed E-state index contributed by atoms with van der Waals surface area (Å²) >= 11 is 4.85. The number of hydrogen-bond donors (Lipinski definition) is 1. The van der Waals surface area contributed by atoms with Crippen molar-refractivity contribution in [2.45, 2.75) is 18.8 Å². The molecule has 1 saturated carbocycles. The first kappa shape index (κ1) is 11.0. The molecule has 2 heterocycles. The monoisotopic (exact) mass is 313 g/mol. The Bertz CT molecular complexity index is 585. The fraction of sp³-hybridized carbons (Fsp3) is 0.273. The van der Waals surface area contributed by atoms with Crippen molar-refractivity contribution >= 4 is 33.2 Å². The molecule has 2 aromatic rings. The molecule has 0 unspecified atom stereocenters. The number of hydrogen-bond acceptors (Lipinski definition) is 4. The van der Waals surface area contributed by atoms with Gasteiger partial charge in [-0.15, -0.1) is 11.3 Å². The molecule has 1 aliphatic carbocycles. The number of nitrogens with zero attached hydrogens (tertiary/aromatic N) is 1. The highest BCUT2D eigenvalue weighted by molar-refractivity contribution is 9.11. The highest BCUT2D eigenvalue weighted by Crippen LogP contribution is 2.44. The molecule has 1 N–H and O–H groups in total. The molecule has 0 aliphatic heterocycles. The van der Waals surface area contributed by atoms with Gasteiger partial charge in [-0.3, -0.25) is 0 Å². The van der Waals surface area contributed by atoms with Gasteiger partial charge in [0.2, 0.25) is 0 Å². The van der Waals surface area contributed by atoms with Crippen LogP contribution in [0.3, 0.4) is 0 Å². The molecule has 0 radical (unpaired) electrons. The zero-order valence-corrected chi connectivity index (χ0v) is 11.0. The predicted octanol–water partition coefficient (Wildman–Crippen LogP) is 3.74. The Kier molecular flexibility index (Phi) is 2.56. The van der Waals surface area contributed by atoms with E-state index >= 15 is 0 Å². The van der Waals surface area contributed by atoms with Gasteiger partial charge in [-0.1, -0.05) is 5.16 Å². The SMILES string of the molecule is O=C(O)c1c(-c2csc(Br)c2)noc1C1CC1. The Balaban J connectivity index is 2.13. The maximum absolute atomic E-state index is 11.3. The van der Waals surface area contributed by atoms with Crippen molar-refractivity contribution in [1.29, 1.82) is 0 Å². The normalized spacial score (nSPS) is 15.1. The van der Waals surface area contributed by atoms with Crippen molar-refractivity contribution in [1.82, 2.24) is 5.16 Å². The van der Waals surface area contributed by atoms with Gasteiger partial charge in [0.15, 0.2) is 5.76 Å². The van der Waals surface area contributed by atoms with Gasteiger partial charge in [0.1, 0.15) is 11.3 Å². The lowest BCUT2D eigenvalue weighted by atomic mass is 10.1. The van der Waals surface area contributed by atoms with Crippen LogP contribution in [0, 0.1) is 0 Å². The molecule has 1 aliphatic rings. The maximum atomic E-state index is 11.3.